The lowest BCUT2D eigenvalue weighted by molar-refractivity contribution is 0.269. The zero-order valence-electron chi connectivity index (χ0n) is 7.61. The average molecular weight is 185 g/mol. The summed E-state index contributed by atoms with van der Waals surface area (Å²) in [4.78, 5) is 9.23. The van der Waals surface area contributed by atoms with Gasteiger partial charge < -0.3 is 10.0 Å². The molecule has 0 radical (unpaired) electrons. The summed E-state index contributed by atoms with van der Waals surface area (Å²) in [6, 6.07) is -0.0783. The molecule has 1 rings (SSSR count). The standard InChI is InChI=1S/C8H12FN3O/c1-6(5-13)12(2)8-10-3-7(9)4-11-8/h3-4,6,13H,5H2,1-2H3/t6-/m0/s1. The number of likely N-dealkylation sites (N-methyl/N-ethyl adjacent to an activating group) is 1. The molecule has 0 bridgehead atoms. The van der Waals surface area contributed by atoms with Gasteiger partial charge in [-0.3, -0.25) is 0 Å². The molecule has 0 fully saturated rings. The normalized spacial score (nSPS) is 12.6. The van der Waals surface area contributed by atoms with Crippen molar-refractivity contribution in [2.24, 2.45) is 0 Å². The monoisotopic (exact) mass is 185 g/mol. The van der Waals surface area contributed by atoms with Crippen LogP contribution in [0.15, 0.2) is 12.4 Å². The summed E-state index contributed by atoms with van der Waals surface area (Å²) in [6.45, 7) is 1.84. The van der Waals surface area contributed by atoms with E-state index in [9.17, 15) is 4.39 Å². The third kappa shape index (κ3) is 2.35. The SMILES string of the molecule is C[C@@H](CO)N(C)c1ncc(F)cn1. The second-order valence-electron chi connectivity index (χ2n) is 2.84. The molecule has 0 saturated carbocycles. The Kier molecular flexibility index (Phi) is 3.13. The third-order valence-electron chi connectivity index (χ3n) is 1.85. The van der Waals surface area contributed by atoms with Gasteiger partial charge in [-0.05, 0) is 6.92 Å². The van der Waals surface area contributed by atoms with Gasteiger partial charge in [-0.15, -0.1) is 0 Å². The molecule has 0 amide bonds. The van der Waals surface area contributed by atoms with Gasteiger partial charge in [-0.2, -0.15) is 0 Å². The summed E-state index contributed by atoms with van der Waals surface area (Å²) < 4.78 is 12.4. The number of aliphatic hydroxyl groups is 1. The lowest BCUT2D eigenvalue weighted by Crippen LogP contribution is -2.33. The summed E-state index contributed by atoms with van der Waals surface area (Å²) in [6.07, 6.45) is 2.20. The third-order valence-corrected chi connectivity index (χ3v) is 1.85. The van der Waals surface area contributed by atoms with Gasteiger partial charge in [0.15, 0.2) is 5.82 Å². The van der Waals surface area contributed by atoms with Crippen LogP contribution in [0.4, 0.5) is 10.3 Å². The van der Waals surface area contributed by atoms with Crippen LogP contribution in [0, 0.1) is 5.82 Å². The summed E-state index contributed by atoms with van der Waals surface area (Å²) in [5.74, 6) is -0.0586. The van der Waals surface area contributed by atoms with Crippen molar-refractivity contribution in [3.63, 3.8) is 0 Å². The first-order chi connectivity index (χ1) is 6.15. The molecular weight excluding hydrogens is 173 g/mol. The van der Waals surface area contributed by atoms with Gasteiger partial charge in [-0.25, -0.2) is 14.4 Å². The Labute approximate surface area is 76.1 Å². The second-order valence-corrected chi connectivity index (χ2v) is 2.84. The van der Waals surface area contributed by atoms with E-state index in [-0.39, 0.29) is 12.6 Å². The molecular formula is C8H12FN3O. The van der Waals surface area contributed by atoms with Crippen molar-refractivity contribution in [3.05, 3.63) is 18.2 Å². The summed E-state index contributed by atoms with van der Waals surface area (Å²) in [5, 5.41) is 8.85. The highest BCUT2D eigenvalue weighted by atomic mass is 19.1. The number of hydrogen-bond donors (Lipinski definition) is 1. The van der Waals surface area contributed by atoms with Crippen molar-refractivity contribution in [3.8, 4) is 0 Å². The summed E-state index contributed by atoms with van der Waals surface area (Å²) in [7, 11) is 1.74. The summed E-state index contributed by atoms with van der Waals surface area (Å²) >= 11 is 0. The largest absolute Gasteiger partial charge is 0.394 e. The molecule has 0 spiro atoms. The topological polar surface area (TPSA) is 49.2 Å². The number of nitrogens with zero attached hydrogens (tertiary/aromatic N) is 3. The number of rotatable bonds is 3. The molecule has 0 aliphatic heterocycles. The first-order valence-corrected chi connectivity index (χ1v) is 3.96. The van der Waals surface area contributed by atoms with Crippen molar-refractivity contribution >= 4 is 5.95 Å². The van der Waals surface area contributed by atoms with Crippen LogP contribution in [0.25, 0.3) is 0 Å². The van der Waals surface area contributed by atoms with Crippen LogP contribution < -0.4 is 4.90 Å². The van der Waals surface area contributed by atoms with Gasteiger partial charge in [0.2, 0.25) is 5.95 Å². The molecule has 1 heterocycles. The smallest absolute Gasteiger partial charge is 0.225 e. The fourth-order valence-corrected chi connectivity index (χ4v) is 0.807. The molecule has 72 valence electrons. The Morgan fingerprint density at radius 2 is 2.08 bits per heavy atom. The van der Waals surface area contributed by atoms with Gasteiger partial charge in [0.05, 0.1) is 25.0 Å². The van der Waals surface area contributed by atoms with E-state index < -0.39 is 5.82 Å². The molecule has 0 aliphatic rings. The van der Waals surface area contributed by atoms with E-state index >= 15 is 0 Å². The second kappa shape index (κ2) is 4.13. The molecule has 0 aromatic carbocycles. The molecule has 5 heteroatoms. The molecule has 1 aromatic rings. The van der Waals surface area contributed by atoms with E-state index in [4.69, 9.17) is 5.11 Å². The average Bonchev–Trinajstić information content (AvgIpc) is 2.17. The van der Waals surface area contributed by atoms with Crippen LogP contribution in [0.2, 0.25) is 0 Å². The first-order valence-electron chi connectivity index (χ1n) is 3.96. The van der Waals surface area contributed by atoms with Crippen molar-refractivity contribution in [1.82, 2.24) is 9.97 Å². The van der Waals surface area contributed by atoms with Gasteiger partial charge in [0, 0.05) is 7.05 Å². The minimum Gasteiger partial charge on any atom is -0.394 e. The van der Waals surface area contributed by atoms with E-state index in [1.165, 1.54) is 0 Å². The van der Waals surface area contributed by atoms with Crippen LogP contribution in [0.3, 0.4) is 0 Å². The van der Waals surface area contributed by atoms with Crippen molar-refractivity contribution < 1.29 is 9.50 Å². The van der Waals surface area contributed by atoms with Crippen LogP contribution in [0.5, 0.6) is 0 Å². The number of anilines is 1. The molecule has 4 nitrogen and oxygen atoms in total. The Bertz CT molecular complexity index is 265. The van der Waals surface area contributed by atoms with Crippen LogP contribution in [-0.4, -0.2) is 34.8 Å². The van der Waals surface area contributed by atoms with Crippen LogP contribution in [0.1, 0.15) is 6.92 Å². The number of aliphatic hydroxyl groups excluding tert-OH is 1. The fraction of sp³-hybridized carbons (Fsp3) is 0.500. The van der Waals surface area contributed by atoms with E-state index in [1.54, 1.807) is 11.9 Å². The predicted octanol–water partition coefficient (Wildman–Crippen LogP) is 0.433. The fourth-order valence-electron chi connectivity index (χ4n) is 0.807. The highest BCUT2D eigenvalue weighted by molar-refractivity contribution is 5.28. The molecule has 0 aliphatic carbocycles. The molecule has 13 heavy (non-hydrogen) atoms. The van der Waals surface area contributed by atoms with Crippen LogP contribution >= 0.6 is 0 Å². The Morgan fingerprint density at radius 1 is 1.54 bits per heavy atom. The molecule has 1 aromatic heterocycles. The van der Waals surface area contributed by atoms with E-state index in [0.29, 0.717) is 5.95 Å². The minimum atomic E-state index is -0.464. The van der Waals surface area contributed by atoms with Crippen molar-refractivity contribution in [1.29, 1.82) is 0 Å². The molecule has 0 saturated heterocycles. The van der Waals surface area contributed by atoms with Gasteiger partial charge >= 0.3 is 0 Å². The maximum atomic E-state index is 12.4. The maximum Gasteiger partial charge on any atom is 0.225 e. The number of hydrogen-bond acceptors (Lipinski definition) is 4. The Hall–Kier alpha value is -1.23. The maximum absolute atomic E-state index is 12.4. The van der Waals surface area contributed by atoms with Gasteiger partial charge in [0.25, 0.3) is 0 Å². The highest BCUT2D eigenvalue weighted by Crippen LogP contribution is 2.07. The van der Waals surface area contributed by atoms with Gasteiger partial charge in [0.1, 0.15) is 0 Å². The quantitative estimate of drug-likeness (QED) is 0.742. The minimum absolute atomic E-state index is 0.0111. The lowest BCUT2D eigenvalue weighted by atomic mass is 10.3. The zero-order valence-corrected chi connectivity index (χ0v) is 7.61. The molecule has 1 N–H and O–H groups in total. The van der Waals surface area contributed by atoms with Crippen LogP contribution in [-0.2, 0) is 0 Å². The predicted molar refractivity (Wildman–Crippen MR) is 46.9 cm³/mol. The Morgan fingerprint density at radius 3 is 2.54 bits per heavy atom. The van der Waals surface area contributed by atoms with Crippen molar-refractivity contribution in [2.45, 2.75) is 13.0 Å². The molecule has 1 atom stereocenters. The number of halogens is 1. The highest BCUT2D eigenvalue weighted by Gasteiger charge is 2.10. The first kappa shape index (κ1) is 9.85. The van der Waals surface area contributed by atoms with E-state index in [1.807, 2.05) is 6.92 Å². The summed E-state index contributed by atoms with van der Waals surface area (Å²) in [5.41, 5.74) is 0. The van der Waals surface area contributed by atoms with E-state index in [2.05, 4.69) is 9.97 Å². The van der Waals surface area contributed by atoms with Crippen molar-refractivity contribution in [2.75, 3.05) is 18.6 Å². The lowest BCUT2D eigenvalue weighted by Gasteiger charge is -2.22. The number of aromatic nitrogens is 2. The Balaban J connectivity index is 2.77. The molecule has 0 unspecified atom stereocenters. The zero-order chi connectivity index (χ0) is 9.84. The van der Waals surface area contributed by atoms with E-state index in [0.717, 1.165) is 12.4 Å². The van der Waals surface area contributed by atoms with Gasteiger partial charge in [-0.1, -0.05) is 0 Å².